The summed E-state index contributed by atoms with van der Waals surface area (Å²) in [6, 6.07) is 9.84. The summed E-state index contributed by atoms with van der Waals surface area (Å²) in [5, 5.41) is 0. The van der Waals surface area contributed by atoms with Gasteiger partial charge >= 0.3 is 0 Å². The van der Waals surface area contributed by atoms with Crippen LogP contribution in [0, 0.1) is 5.82 Å². The van der Waals surface area contributed by atoms with E-state index in [1.165, 1.54) is 12.1 Å². The van der Waals surface area contributed by atoms with Crippen molar-refractivity contribution in [3.8, 4) is 0 Å². The Kier molecular flexibility index (Phi) is 7.34. The summed E-state index contributed by atoms with van der Waals surface area (Å²) in [6.45, 7) is 3.45. The second kappa shape index (κ2) is 9.49. The van der Waals surface area contributed by atoms with Crippen LogP contribution in [-0.2, 0) is 6.54 Å². The first-order valence-corrected chi connectivity index (χ1v) is 8.33. The quantitative estimate of drug-likeness (QED) is 0.390. The summed E-state index contributed by atoms with van der Waals surface area (Å²) in [4.78, 5) is 23.6. The topological polar surface area (TPSA) is 101 Å². The number of piperazine rings is 1. The van der Waals surface area contributed by atoms with Crippen LogP contribution in [-0.4, -0.2) is 47.9 Å². The summed E-state index contributed by atoms with van der Waals surface area (Å²) >= 11 is 0. The molecule has 27 heavy (non-hydrogen) atoms. The molecule has 1 aliphatic heterocycles. The molecule has 0 aliphatic carbocycles. The summed E-state index contributed by atoms with van der Waals surface area (Å²) in [5.74, 6) is -0.316. The van der Waals surface area contributed by atoms with Gasteiger partial charge in [0.15, 0.2) is 5.96 Å². The van der Waals surface area contributed by atoms with Gasteiger partial charge in [-0.2, -0.15) is 0 Å². The largest absolute Gasteiger partial charge is 0.370 e. The zero-order chi connectivity index (χ0) is 18.5. The number of aliphatic imine (C=N–C) groups is 1. The third-order valence-corrected chi connectivity index (χ3v) is 4.30. The molecule has 1 fully saturated rings. The lowest BCUT2D eigenvalue weighted by Gasteiger charge is -2.36. The highest BCUT2D eigenvalue weighted by atomic mass is 127. The molecule has 1 amide bonds. The Bertz CT molecular complexity index is 789. The molecule has 0 radical (unpaired) electrons. The van der Waals surface area contributed by atoms with E-state index >= 15 is 0 Å². The van der Waals surface area contributed by atoms with Gasteiger partial charge in [-0.25, -0.2) is 9.38 Å². The lowest BCUT2D eigenvalue weighted by atomic mass is 10.2. The number of benzene rings is 1. The van der Waals surface area contributed by atoms with Crippen LogP contribution in [0.2, 0.25) is 0 Å². The molecule has 1 aliphatic rings. The Balaban J connectivity index is 0.00000261. The number of aromatic nitrogens is 1. The fourth-order valence-corrected chi connectivity index (χ4v) is 2.78. The molecular formula is C18H22FIN6O. The van der Waals surface area contributed by atoms with Crippen molar-refractivity contribution < 1.29 is 9.18 Å². The number of carbonyl (C=O) groups excluding carboxylic acids is 1. The minimum Gasteiger partial charge on any atom is -0.370 e. The average molecular weight is 484 g/mol. The van der Waals surface area contributed by atoms with E-state index in [9.17, 15) is 9.18 Å². The van der Waals surface area contributed by atoms with Gasteiger partial charge in [0.1, 0.15) is 11.5 Å². The van der Waals surface area contributed by atoms with Gasteiger partial charge in [-0.3, -0.25) is 9.78 Å². The summed E-state index contributed by atoms with van der Waals surface area (Å²) in [7, 11) is 0. The number of hydrogen-bond acceptors (Lipinski definition) is 4. The Labute approximate surface area is 174 Å². The van der Waals surface area contributed by atoms with E-state index in [-0.39, 0.29) is 35.5 Å². The molecule has 0 bridgehead atoms. The van der Waals surface area contributed by atoms with Crippen LogP contribution in [0.3, 0.4) is 0 Å². The summed E-state index contributed by atoms with van der Waals surface area (Å²) in [6.07, 6.45) is 1.57. The first-order valence-electron chi connectivity index (χ1n) is 8.33. The first-order chi connectivity index (χ1) is 12.5. The molecule has 1 aromatic carbocycles. The van der Waals surface area contributed by atoms with Gasteiger partial charge in [-0.15, -0.1) is 24.0 Å². The van der Waals surface area contributed by atoms with Crippen molar-refractivity contribution in [2.24, 2.45) is 16.5 Å². The van der Waals surface area contributed by atoms with E-state index in [1.807, 2.05) is 4.90 Å². The molecular weight excluding hydrogens is 462 g/mol. The first kappa shape index (κ1) is 20.9. The van der Waals surface area contributed by atoms with Crippen LogP contribution in [0.5, 0.6) is 0 Å². The average Bonchev–Trinajstić information content (AvgIpc) is 2.67. The van der Waals surface area contributed by atoms with Gasteiger partial charge in [0.2, 0.25) is 0 Å². The molecule has 0 spiro atoms. The highest BCUT2D eigenvalue weighted by Gasteiger charge is 2.18. The number of nitrogens with zero attached hydrogens (tertiary/aromatic N) is 4. The predicted octanol–water partition coefficient (Wildman–Crippen LogP) is 1.57. The molecule has 0 atom stereocenters. The van der Waals surface area contributed by atoms with E-state index in [1.54, 1.807) is 30.5 Å². The van der Waals surface area contributed by atoms with Gasteiger partial charge in [0.25, 0.3) is 5.91 Å². The Morgan fingerprint density at radius 3 is 2.30 bits per heavy atom. The highest BCUT2D eigenvalue weighted by molar-refractivity contribution is 14.0. The molecule has 1 aromatic heterocycles. The SMILES string of the molecule is I.NC(=O)c1ccc(CN=C(N)N2CCN(c3ccc(F)cc3)CC2)cn1. The fourth-order valence-electron chi connectivity index (χ4n) is 2.78. The lowest BCUT2D eigenvalue weighted by Crippen LogP contribution is -2.51. The zero-order valence-electron chi connectivity index (χ0n) is 14.7. The van der Waals surface area contributed by atoms with E-state index < -0.39 is 5.91 Å². The molecule has 9 heteroatoms. The minimum absolute atomic E-state index is 0. The number of halogens is 2. The van der Waals surface area contributed by atoms with Crippen LogP contribution in [0.1, 0.15) is 16.1 Å². The molecule has 1 saturated heterocycles. The molecule has 2 aromatic rings. The minimum atomic E-state index is -0.557. The predicted molar refractivity (Wildman–Crippen MR) is 114 cm³/mol. The molecule has 0 saturated carbocycles. The Hall–Kier alpha value is -2.43. The highest BCUT2D eigenvalue weighted by Crippen LogP contribution is 2.16. The van der Waals surface area contributed by atoms with Crippen LogP contribution >= 0.6 is 24.0 Å². The van der Waals surface area contributed by atoms with Gasteiger partial charge in [-0.05, 0) is 35.9 Å². The van der Waals surface area contributed by atoms with Crippen LogP contribution in [0.25, 0.3) is 0 Å². The van der Waals surface area contributed by atoms with Crippen LogP contribution < -0.4 is 16.4 Å². The molecule has 0 unspecified atom stereocenters. The molecule has 4 N–H and O–H groups in total. The van der Waals surface area contributed by atoms with E-state index in [4.69, 9.17) is 11.5 Å². The number of anilines is 1. The number of nitrogens with two attached hydrogens (primary N) is 2. The van der Waals surface area contributed by atoms with Gasteiger partial charge < -0.3 is 21.3 Å². The maximum Gasteiger partial charge on any atom is 0.267 e. The van der Waals surface area contributed by atoms with Crippen molar-refractivity contribution in [2.75, 3.05) is 31.1 Å². The van der Waals surface area contributed by atoms with Gasteiger partial charge in [0, 0.05) is 38.1 Å². The number of amides is 1. The van der Waals surface area contributed by atoms with Crippen molar-refractivity contribution in [3.63, 3.8) is 0 Å². The maximum atomic E-state index is 13.0. The Morgan fingerprint density at radius 2 is 1.74 bits per heavy atom. The second-order valence-corrected chi connectivity index (χ2v) is 6.04. The van der Waals surface area contributed by atoms with Gasteiger partial charge in [0.05, 0.1) is 6.54 Å². The van der Waals surface area contributed by atoms with Crippen LogP contribution in [0.15, 0.2) is 47.6 Å². The smallest absolute Gasteiger partial charge is 0.267 e. The second-order valence-electron chi connectivity index (χ2n) is 6.04. The van der Waals surface area contributed by atoms with Crippen molar-refractivity contribution in [1.29, 1.82) is 0 Å². The lowest BCUT2D eigenvalue weighted by molar-refractivity contribution is 0.0995. The third-order valence-electron chi connectivity index (χ3n) is 4.30. The molecule has 2 heterocycles. The zero-order valence-corrected chi connectivity index (χ0v) is 17.0. The standard InChI is InChI=1S/C18H21FN6O.HI/c19-14-2-4-15(5-3-14)24-7-9-25(10-8-24)18(21)23-12-13-1-6-16(17(20)26)22-11-13;/h1-6,11H,7-10,12H2,(H2,20,26)(H2,21,23);1H. The molecule has 3 rings (SSSR count). The number of hydrogen-bond donors (Lipinski definition) is 2. The number of pyridine rings is 1. The number of carbonyl (C=O) groups is 1. The maximum absolute atomic E-state index is 13.0. The third kappa shape index (κ3) is 5.52. The van der Waals surface area contributed by atoms with Crippen molar-refractivity contribution in [3.05, 3.63) is 59.7 Å². The Morgan fingerprint density at radius 1 is 1.07 bits per heavy atom. The fraction of sp³-hybridized carbons (Fsp3) is 0.278. The molecule has 7 nitrogen and oxygen atoms in total. The summed E-state index contributed by atoms with van der Waals surface area (Å²) in [5.41, 5.74) is 13.3. The normalized spacial score (nSPS) is 14.6. The number of guanidine groups is 1. The van der Waals surface area contributed by atoms with Crippen molar-refractivity contribution >= 4 is 41.5 Å². The van der Waals surface area contributed by atoms with Gasteiger partial charge in [-0.1, -0.05) is 6.07 Å². The van der Waals surface area contributed by atoms with Crippen molar-refractivity contribution in [2.45, 2.75) is 6.54 Å². The van der Waals surface area contributed by atoms with Crippen molar-refractivity contribution in [1.82, 2.24) is 9.88 Å². The van der Waals surface area contributed by atoms with E-state index in [2.05, 4.69) is 14.9 Å². The van der Waals surface area contributed by atoms with Crippen LogP contribution in [0.4, 0.5) is 10.1 Å². The number of primary amides is 1. The monoisotopic (exact) mass is 484 g/mol. The number of rotatable bonds is 4. The van der Waals surface area contributed by atoms with E-state index in [0.29, 0.717) is 12.5 Å². The molecule has 144 valence electrons. The van der Waals surface area contributed by atoms with E-state index in [0.717, 1.165) is 37.4 Å². The summed E-state index contributed by atoms with van der Waals surface area (Å²) < 4.78 is 13.0.